The first kappa shape index (κ1) is 31.6. The molecule has 1 N–H and O–H groups in total. The van der Waals surface area contributed by atoms with E-state index in [9.17, 15) is 0 Å². The molecule has 0 aliphatic heterocycles. The summed E-state index contributed by atoms with van der Waals surface area (Å²) >= 11 is 10.6. The van der Waals surface area contributed by atoms with Crippen LogP contribution < -0.4 is 5.43 Å². The minimum Gasteiger partial charge on any atom is -0.319 e. The Morgan fingerprint density at radius 3 is 2.14 bits per heavy atom. The van der Waals surface area contributed by atoms with Crippen molar-refractivity contribution in [2.45, 2.75) is 32.2 Å². The number of thiazole rings is 1. The van der Waals surface area contributed by atoms with Gasteiger partial charge in [0.15, 0.2) is 0 Å². The molecule has 6 aromatic rings. The molecular weight excluding hydrogens is 697 g/mol. The zero-order valence-corrected chi connectivity index (χ0v) is 28.3. The van der Waals surface area contributed by atoms with Gasteiger partial charge in [0.25, 0.3) is 0 Å². The van der Waals surface area contributed by atoms with E-state index in [0.717, 1.165) is 56.7 Å². The van der Waals surface area contributed by atoms with Gasteiger partial charge in [-0.25, -0.2) is 9.97 Å². The first-order chi connectivity index (χ1) is 21.5. The summed E-state index contributed by atoms with van der Waals surface area (Å²) in [5, 5.41) is 7.93. The summed E-state index contributed by atoms with van der Waals surface area (Å²) in [7, 11) is 0. The maximum absolute atomic E-state index is 6.69. The maximum Gasteiger partial charge on any atom is 0.203 e. The van der Waals surface area contributed by atoms with Crippen LogP contribution in [0, 0.1) is 3.57 Å². The van der Waals surface area contributed by atoms with Gasteiger partial charge < -0.3 is 4.57 Å². The second kappa shape index (κ2) is 15.3. The molecule has 0 fully saturated rings. The fraction of sp³-hybridized carbons (Fsp3) is 0.139. The van der Waals surface area contributed by atoms with Gasteiger partial charge >= 0.3 is 0 Å². The van der Waals surface area contributed by atoms with E-state index in [4.69, 9.17) is 11.6 Å². The smallest absolute Gasteiger partial charge is 0.203 e. The average Bonchev–Trinajstić information content (AvgIpc) is 3.77. The fourth-order valence-electron chi connectivity index (χ4n) is 5.13. The zero-order valence-electron chi connectivity index (χ0n) is 24.6. The zero-order chi connectivity index (χ0) is 30.8. The van der Waals surface area contributed by atoms with Gasteiger partial charge in [0.2, 0.25) is 5.13 Å². The van der Waals surface area contributed by atoms with Crippen LogP contribution in [-0.2, 0) is 5.54 Å². The Hall–Kier alpha value is -3.79. The summed E-state index contributed by atoms with van der Waals surface area (Å²) in [4.78, 5) is 8.85. The monoisotopic (exact) mass is 729 g/mol. The second-order valence-electron chi connectivity index (χ2n) is 10.1. The van der Waals surface area contributed by atoms with Crippen LogP contribution in [0.4, 0.5) is 5.13 Å². The SMILES string of the molecule is CCC/C(C)=N/Nc1nc(-c2ccc(I)cc2)cs1.Clc1ccccc1C(c1ccccc1)(c1ccccc1)n1ccnc1. The fourth-order valence-corrected chi connectivity index (χ4v) is 6.42. The molecule has 0 amide bonds. The molecule has 0 bridgehead atoms. The highest BCUT2D eigenvalue weighted by Crippen LogP contribution is 2.43. The first-order valence-corrected chi connectivity index (χ1v) is 16.7. The van der Waals surface area contributed by atoms with Gasteiger partial charge in [0.1, 0.15) is 5.54 Å². The predicted octanol–water partition coefficient (Wildman–Crippen LogP) is 10.4. The molecule has 0 spiro atoms. The van der Waals surface area contributed by atoms with Crippen LogP contribution in [0.1, 0.15) is 43.4 Å². The Labute approximate surface area is 281 Å². The number of hydrazone groups is 1. The summed E-state index contributed by atoms with van der Waals surface area (Å²) in [6.07, 6.45) is 7.77. The molecule has 5 nitrogen and oxygen atoms in total. The van der Waals surface area contributed by atoms with Crippen molar-refractivity contribution in [3.63, 3.8) is 0 Å². The quantitative estimate of drug-likeness (QED) is 0.0698. The minimum atomic E-state index is -0.586. The van der Waals surface area contributed by atoms with Crippen LogP contribution in [0.5, 0.6) is 0 Å². The maximum atomic E-state index is 6.69. The van der Waals surface area contributed by atoms with Crippen molar-refractivity contribution < 1.29 is 0 Å². The van der Waals surface area contributed by atoms with Crippen LogP contribution in [0.2, 0.25) is 5.02 Å². The number of hydrogen-bond acceptors (Lipinski definition) is 5. The van der Waals surface area contributed by atoms with Crippen molar-refractivity contribution in [3.05, 3.63) is 159 Å². The van der Waals surface area contributed by atoms with Gasteiger partial charge in [-0.2, -0.15) is 5.10 Å². The third-order valence-corrected chi connectivity index (χ3v) is 8.93. The number of imidazole rings is 1. The van der Waals surface area contributed by atoms with Gasteiger partial charge in [-0.3, -0.25) is 5.43 Å². The number of rotatable bonds is 9. The van der Waals surface area contributed by atoms with E-state index in [1.807, 2.05) is 49.8 Å². The summed E-state index contributed by atoms with van der Waals surface area (Å²) in [5.41, 5.74) is 8.96. The molecule has 8 heteroatoms. The highest BCUT2D eigenvalue weighted by atomic mass is 127. The van der Waals surface area contributed by atoms with Crippen molar-refractivity contribution in [3.8, 4) is 11.3 Å². The molecule has 2 aromatic heterocycles. The van der Waals surface area contributed by atoms with E-state index >= 15 is 0 Å². The number of aromatic nitrogens is 3. The standard InChI is InChI=1S/C22H17ClN2.C14H16IN3S/c23-21-14-8-7-13-20(21)22(25-16-15-24-17-25,18-9-3-1-4-10-18)19-11-5-2-6-12-19;1-3-4-10(2)17-18-14-16-13(9-19-14)11-5-7-12(15)8-6-11/h1-17H;5-9H,3-4H2,1-2H3,(H,16,18)/b;17-10+. The lowest BCUT2D eigenvalue weighted by atomic mass is 9.76. The minimum absolute atomic E-state index is 0.586. The van der Waals surface area contributed by atoms with E-state index < -0.39 is 5.54 Å². The number of anilines is 1. The number of nitrogens with one attached hydrogen (secondary N) is 1. The van der Waals surface area contributed by atoms with Gasteiger partial charge in [0, 0.05) is 43.2 Å². The van der Waals surface area contributed by atoms with E-state index in [-0.39, 0.29) is 0 Å². The van der Waals surface area contributed by atoms with Crippen molar-refractivity contribution >= 4 is 56.4 Å². The van der Waals surface area contributed by atoms with Crippen LogP contribution in [0.25, 0.3) is 11.3 Å². The van der Waals surface area contributed by atoms with Crippen LogP contribution in [0.15, 0.2) is 138 Å². The molecule has 6 rings (SSSR count). The molecule has 0 radical (unpaired) electrons. The predicted molar refractivity (Wildman–Crippen MR) is 194 cm³/mol. The van der Waals surface area contributed by atoms with Crippen molar-refractivity contribution in [1.29, 1.82) is 0 Å². The molecule has 0 saturated heterocycles. The lowest BCUT2D eigenvalue weighted by Crippen LogP contribution is -2.37. The van der Waals surface area contributed by atoms with Gasteiger partial charge in [0.05, 0.1) is 12.0 Å². The Morgan fingerprint density at radius 1 is 0.909 bits per heavy atom. The Bertz CT molecular complexity index is 1730. The molecular formula is C36H33ClIN5S. The van der Waals surface area contributed by atoms with E-state index in [0.29, 0.717) is 0 Å². The molecule has 4 aromatic carbocycles. The van der Waals surface area contributed by atoms with Gasteiger partial charge in [-0.1, -0.05) is 116 Å². The highest BCUT2D eigenvalue weighted by Gasteiger charge is 2.39. The molecule has 0 aliphatic carbocycles. The molecule has 222 valence electrons. The Morgan fingerprint density at radius 2 is 1.55 bits per heavy atom. The van der Waals surface area contributed by atoms with Crippen molar-refractivity contribution in [1.82, 2.24) is 14.5 Å². The lowest BCUT2D eigenvalue weighted by molar-refractivity contribution is 0.515. The largest absolute Gasteiger partial charge is 0.319 e. The average molecular weight is 730 g/mol. The molecule has 0 saturated carbocycles. The highest BCUT2D eigenvalue weighted by molar-refractivity contribution is 14.1. The van der Waals surface area contributed by atoms with Crippen LogP contribution in [-0.4, -0.2) is 20.2 Å². The summed E-state index contributed by atoms with van der Waals surface area (Å²) in [6.45, 7) is 4.18. The third-order valence-electron chi connectivity index (χ3n) is 7.14. The van der Waals surface area contributed by atoms with Crippen LogP contribution in [0.3, 0.4) is 0 Å². The molecule has 44 heavy (non-hydrogen) atoms. The normalized spacial score (nSPS) is 11.5. The Balaban J connectivity index is 0.000000182. The number of halogens is 2. The second-order valence-corrected chi connectivity index (χ2v) is 12.7. The van der Waals surface area contributed by atoms with E-state index in [1.54, 1.807) is 17.5 Å². The Kier molecular flexibility index (Phi) is 11.0. The van der Waals surface area contributed by atoms with Gasteiger partial charge in [-0.15, -0.1) is 11.3 Å². The van der Waals surface area contributed by atoms with Gasteiger partial charge in [-0.05, 0) is 65.3 Å². The van der Waals surface area contributed by atoms with Crippen molar-refractivity contribution in [2.24, 2.45) is 5.10 Å². The van der Waals surface area contributed by atoms with E-state index in [1.165, 1.54) is 3.57 Å². The van der Waals surface area contributed by atoms with Crippen molar-refractivity contribution in [2.75, 3.05) is 5.43 Å². The lowest BCUT2D eigenvalue weighted by Gasteiger charge is -2.37. The third kappa shape index (κ3) is 7.29. The molecule has 0 aliphatic rings. The summed E-state index contributed by atoms with van der Waals surface area (Å²) in [6, 6.07) is 37.2. The molecule has 0 unspecified atom stereocenters. The summed E-state index contributed by atoms with van der Waals surface area (Å²) < 4.78 is 3.36. The summed E-state index contributed by atoms with van der Waals surface area (Å²) in [5.74, 6) is 0. The number of nitrogens with zero attached hydrogens (tertiary/aromatic N) is 4. The first-order valence-electron chi connectivity index (χ1n) is 14.4. The van der Waals surface area contributed by atoms with E-state index in [2.05, 4.69) is 139 Å². The topological polar surface area (TPSA) is 55.1 Å². The van der Waals surface area contributed by atoms with Crippen LogP contribution >= 0.6 is 45.5 Å². The molecule has 2 heterocycles. The number of hydrogen-bond donors (Lipinski definition) is 1. The number of benzene rings is 4. The molecule has 0 atom stereocenters.